The number of nitrogens with two attached hydrogens (primary N) is 1. The number of hydrogen-bond donors (Lipinski definition) is 2. The van der Waals surface area contributed by atoms with E-state index in [1.807, 2.05) is 12.3 Å². The van der Waals surface area contributed by atoms with Crippen LogP contribution in [0.2, 0.25) is 0 Å². The molecule has 3 rings (SSSR count). The van der Waals surface area contributed by atoms with E-state index in [0.29, 0.717) is 4.99 Å². The number of H-pyrrole nitrogens is 1. The lowest BCUT2D eigenvalue weighted by molar-refractivity contribution is 0.306. The smallest absolute Gasteiger partial charge is 0.0949 e. The summed E-state index contributed by atoms with van der Waals surface area (Å²) in [5, 5.41) is 1.22. The van der Waals surface area contributed by atoms with Crippen LogP contribution in [0.5, 0.6) is 0 Å². The van der Waals surface area contributed by atoms with Crippen molar-refractivity contribution < 1.29 is 0 Å². The number of benzene rings is 1. The largest absolute Gasteiger partial charge is 0.392 e. The topological polar surface area (TPSA) is 45.1 Å². The molecular weight excluding hydrogens is 242 g/mol. The molecule has 18 heavy (non-hydrogen) atoms. The quantitative estimate of drug-likeness (QED) is 0.833. The van der Waals surface area contributed by atoms with E-state index in [1.54, 1.807) is 0 Å². The maximum absolute atomic E-state index is 5.97. The van der Waals surface area contributed by atoms with Crippen molar-refractivity contribution in [3.8, 4) is 0 Å². The SMILES string of the molecule is NC(=S)C(c1c[nH]c2ccccc12)N1CCCC1. The summed E-state index contributed by atoms with van der Waals surface area (Å²) < 4.78 is 0. The van der Waals surface area contributed by atoms with Gasteiger partial charge in [-0.05, 0) is 32.0 Å². The molecule has 1 atom stereocenters. The summed E-state index contributed by atoms with van der Waals surface area (Å²) in [4.78, 5) is 6.26. The maximum atomic E-state index is 5.97. The molecule has 3 nitrogen and oxygen atoms in total. The first-order valence-corrected chi connectivity index (χ1v) is 6.77. The van der Waals surface area contributed by atoms with Crippen LogP contribution in [0.25, 0.3) is 10.9 Å². The van der Waals surface area contributed by atoms with E-state index in [0.717, 1.165) is 18.6 Å². The number of rotatable bonds is 3. The number of nitrogens with one attached hydrogen (secondary N) is 1. The minimum atomic E-state index is 0.0682. The Bertz CT molecular complexity index is 569. The standard InChI is InChI=1S/C14H17N3S/c15-14(18)13(17-7-3-4-8-17)11-9-16-12-6-2-1-5-10(11)12/h1-2,5-6,9,13,16H,3-4,7-8H2,(H2,15,18). The Hall–Kier alpha value is -1.39. The van der Waals surface area contributed by atoms with Gasteiger partial charge in [-0.2, -0.15) is 0 Å². The normalized spacial score (nSPS) is 18.2. The first kappa shape index (κ1) is 11.7. The molecule has 0 bridgehead atoms. The Morgan fingerprint density at radius 3 is 2.72 bits per heavy atom. The Morgan fingerprint density at radius 1 is 1.28 bits per heavy atom. The van der Waals surface area contributed by atoms with Gasteiger partial charge in [-0.1, -0.05) is 30.4 Å². The second-order valence-electron chi connectivity index (χ2n) is 4.84. The van der Waals surface area contributed by atoms with Crippen LogP contribution in [0.1, 0.15) is 24.4 Å². The summed E-state index contributed by atoms with van der Waals surface area (Å²) in [6.07, 6.45) is 4.52. The lowest BCUT2D eigenvalue weighted by atomic mass is 10.0. The number of para-hydroxylation sites is 1. The number of likely N-dealkylation sites (tertiary alicyclic amines) is 1. The molecule has 0 saturated carbocycles. The molecule has 3 N–H and O–H groups in total. The van der Waals surface area contributed by atoms with Crippen LogP contribution in [0, 0.1) is 0 Å². The van der Waals surface area contributed by atoms with E-state index in [-0.39, 0.29) is 6.04 Å². The van der Waals surface area contributed by atoms with Gasteiger partial charge in [-0.25, -0.2) is 0 Å². The fourth-order valence-electron chi connectivity index (χ4n) is 2.85. The van der Waals surface area contributed by atoms with Crippen LogP contribution in [-0.2, 0) is 0 Å². The summed E-state index contributed by atoms with van der Waals surface area (Å²) in [5.74, 6) is 0. The predicted octanol–water partition coefficient (Wildman–Crippen LogP) is 2.59. The highest BCUT2D eigenvalue weighted by atomic mass is 32.1. The minimum Gasteiger partial charge on any atom is -0.392 e. The second-order valence-corrected chi connectivity index (χ2v) is 5.31. The van der Waals surface area contributed by atoms with Gasteiger partial charge in [-0.15, -0.1) is 0 Å². The van der Waals surface area contributed by atoms with E-state index in [2.05, 4.69) is 28.1 Å². The van der Waals surface area contributed by atoms with Crippen molar-refractivity contribution in [2.45, 2.75) is 18.9 Å². The number of hydrogen-bond acceptors (Lipinski definition) is 2. The molecule has 94 valence electrons. The summed E-state index contributed by atoms with van der Waals surface area (Å²) in [6, 6.07) is 8.37. The Labute approximate surface area is 112 Å². The summed E-state index contributed by atoms with van der Waals surface area (Å²) in [6.45, 7) is 2.17. The molecule has 1 aromatic heterocycles. The summed E-state index contributed by atoms with van der Waals surface area (Å²) in [7, 11) is 0. The zero-order valence-electron chi connectivity index (χ0n) is 10.2. The number of aromatic nitrogens is 1. The number of aromatic amines is 1. The van der Waals surface area contributed by atoms with E-state index in [4.69, 9.17) is 18.0 Å². The van der Waals surface area contributed by atoms with E-state index in [9.17, 15) is 0 Å². The Balaban J connectivity index is 2.06. The van der Waals surface area contributed by atoms with E-state index < -0.39 is 0 Å². The van der Waals surface area contributed by atoms with Crippen molar-refractivity contribution in [1.29, 1.82) is 0 Å². The van der Waals surface area contributed by atoms with Crippen LogP contribution in [0.4, 0.5) is 0 Å². The molecule has 2 heterocycles. The van der Waals surface area contributed by atoms with Crippen LogP contribution < -0.4 is 5.73 Å². The van der Waals surface area contributed by atoms with Crippen molar-refractivity contribution in [2.75, 3.05) is 13.1 Å². The number of thiocarbonyl (C=S) groups is 1. The molecule has 1 aliphatic heterocycles. The maximum Gasteiger partial charge on any atom is 0.0949 e. The third-order valence-electron chi connectivity index (χ3n) is 3.69. The molecule has 1 unspecified atom stereocenters. The van der Waals surface area contributed by atoms with Crippen molar-refractivity contribution in [3.63, 3.8) is 0 Å². The molecule has 1 aromatic carbocycles. The Kier molecular flexibility index (Phi) is 3.06. The van der Waals surface area contributed by atoms with Crippen molar-refractivity contribution in [2.24, 2.45) is 5.73 Å². The molecule has 1 fully saturated rings. The predicted molar refractivity (Wildman–Crippen MR) is 78.6 cm³/mol. The van der Waals surface area contributed by atoms with Gasteiger partial charge in [0.1, 0.15) is 0 Å². The molecule has 0 spiro atoms. The average molecular weight is 259 g/mol. The fourth-order valence-corrected chi connectivity index (χ4v) is 3.13. The summed E-state index contributed by atoms with van der Waals surface area (Å²) >= 11 is 5.29. The average Bonchev–Trinajstić information content (AvgIpc) is 3.00. The van der Waals surface area contributed by atoms with Gasteiger partial charge in [0, 0.05) is 22.7 Å². The molecule has 2 aromatic rings. The fraction of sp³-hybridized carbons (Fsp3) is 0.357. The lowest BCUT2D eigenvalue weighted by Gasteiger charge is -2.26. The van der Waals surface area contributed by atoms with Crippen LogP contribution in [0.15, 0.2) is 30.5 Å². The van der Waals surface area contributed by atoms with Crippen molar-refractivity contribution in [1.82, 2.24) is 9.88 Å². The number of fused-ring (bicyclic) bond motifs is 1. The van der Waals surface area contributed by atoms with Crippen LogP contribution in [0.3, 0.4) is 0 Å². The molecular formula is C14H17N3S. The molecule has 0 amide bonds. The molecule has 0 radical (unpaired) electrons. The molecule has 4 heteroatoms. The monoisotopic (exact) mass is 259 g/mol. The zero-order valence-corrected chi connectivity index (χ0v) is 11.0. The van der Waals surface area contributed by atoms with Gasteiger partial charge >= 0.3 is 0 Å². The van der Waals surface area contributed by atoms with E-state index >= 15 is 0 Å². The Morgan fingerprint density at radius 2 is 2.00 bits per heavy atom. The first-order valence-electron chi connectivity index (χ1n) is 6.37. The van der Waals surface area contributed by atoms with Gasteiger partial charge in [0.25, 0.3) is 0 Å². The summed E-state index contributed by atoms with van der Waals surface area (Å²) in [5.41, 5.74) is 8.33. The molecule has 0 aliphatic carbocycles. The van der Waals surface area contributed by atoms with Gasteiger partial charge in [0.05, 0.1) is 11.0 Å². The third kappa shape index (κ3) is 1.91. The van der Waals surface area contributed by atoms with Gasteiger partial charge < -0.3 is 10.7 Å². The van der Waals surface area contributed by atoms with Crippen LogP contribution >= 0.6 is 12.2 Å². The highest BCUT2D eigenvalue weighted by Crippen LogP contribution is 2.30. The molecule has 1 aliphatic rings. The second kappa shape index (κ2) is 4.71. The number of nitrogens with zero attached hydrogens (tertiary/aromatic N) is 1. The first-order chi connectivity index (χ1) is 8.77. The minimum absolute atomic E-state index is 0.0682. The third-order valence-corrected chi connectivity index (χ3v) is 3.91. The van der Waals surface area contributed by atoms with Gasteiger partial charge in [0.2, 0.25) is 0 Å². The van der Waals surface area contributed by atoms with E-state index in [1.165, 1.54) is 23.8 Å². The van der Waals surface area contributed by atoms with Gasteiger partial charge in [-0.3, -0.25) is 4.90 Å². The lowest BCUT2D eigenvalue weighted by Crippen LogP contribution is -2.34. The highest BCUT2D eigenvalue weighted by molar-refractivity contribution is 7.80. The van der Waals surface area contributed by atoms with Crippen molar-refractivity contribution in [3.05, 3.63) is 36.0 Å². The highest BCUT2D eigenvalue weighted by Gasteiger charge is 2.27. The zero-order chi connectivity index (χ0) is 12.5. The van der Waals surface area contributed by atoms with Gasteiger partial charge in [0.15, 0.2) is 0 Å². The molecule has 1 saturated heterocycles. The van der Waals surface area contributed by atoms with Crippen LogP contribution in [-0.4, -0.2) is 28.0 Å². The van der Waals surface area contributed by atoms with Crippen molar-refractivity contribution >= 4 is 28.1 Å².